The number of carbonyl (C=O) groups is 2. The highest BCUT2D eigenvalue weighted by molar-refractivity contribution is 14.1. The highest BCUT2D eigenvalue weighted by Crippen LogP contribution is 2.24. The van der Waals surface area contributed by atoms with E-state index in [1.807, 2.05) is 22.6 Å². The topological polar surface area (TPSA) is 52.6 Å². The van der Waals surface area contributed by atoms with E-state index in [0.717, 1.165) is 0 Å². The van der Waals surface area contributed by atoms with Gasteiger partial charge in [0.25, 0.3) is 0 Å². The Kier molecular flexibility index (Phi) is 4.41. The summed E-state index contributed by atoms with van der Waals surface area (Å²) >= 11 is 4.18. The van der Waals surface area contributed by atoms with Crippen LogP contribution in [0.4, 0.5) is 0 Å². The van der Waals surface area contributed by atoms with Gasteiger partial charge in [-0.05, 0) is 6.92 Å². The first kappa shape index (κ1) is 12.5. The quantitative estimate of drug-likeness (QED) is 0.392. The zero-order chi connectivity index (χ0) is 10.8. The predicted octanol–water partition coefficient (Wildman–Crippen LogP) is 1.47. The van der Waals surface area contributed by atoms with Crippen molar-refractivity contribution in [2.24, 2.45) is 0 Å². The second-order valence-corrected chi connectivity index (χ2v) is 6.39. The van der Waals surface area contributed by atoms with E-state index >= 15 is 0 Å². The van der Waals surface area contributed by atoms with E-state index in [-0.39, 0.29) is 25.0 Å². The van der Waals surface area contributed by atoms with E-state index in [1.165, 1.54) is 0 Å². The number of cyclic esters (lactones) is 1. The third-order valence-corrected chi connectivity index (χ3v) is 5.58. The van der Waals surface area contributed by atoms with Gasteiger partial charge < -0.3 is 9.47 Å². The second-order valence-electron chi connectivity index (χ2n) is 3.25. The molecule has 80 valence electrons. The Balaban J connectivity index is 2.45. The highest BCUT2D eigenvalue weighted by Gasteiger charge is 2.35. The summed E-state index contributed by atoms with van der Waals surface area (Å²) in [5.74, 6) is -0.580. The van der Waals surface area contributed by atoms with Crippen molar-refractivity contribution < 1.29 is 19.1 Å². The number of carbonyl (C=O) groups excluding carboxylic acids is 2. The standard InChI is InChI=1S/C8H10I2O4/c1-8(10,4-9)7(12)14-5-2-6(11)13-3-5/h5H,2-4H2,1H3. The van der Waals surface area contributed by atoms with Crippen molar-refractivity contribution >= 4 is 57.1 Å². The van der Waals surface area contributed by atoms with Gasteiger partial charge in [-0.2, -0.15) is 0 Å². The zero-order valence-corrected chi connectivity index (χ0v) is 11.9. The molecule has 0 N–H and O–H groups in total. The highest BCUT2D eigenvalue weighted by atomic mass is 127. The largest absolute Gasteiger partial charge is 0.462 e. The van der Waals surface area contributed by atoms with Crippen molar-refractivity contribution in [1.29, 1.82) is 0 Å². The van der Waals surface area contributed by atoms with Crippen molar-refractivity contribution in [2.45, 2.75) is 22.9 Å². The van der Waals surface area contributed by atoms with E-state index in [2.05, 4.69) is 22.6 Å². The molecular formula is C8H10I2O4. The molecule has 1 saturated heterocycles. The first-order chi connectivity index (χ1) is 6.45. The zero-order valence-electron chi connectivity index (χ0n) is 7.59. The summed E-state index contributed by atoms with van der Waals surface area (Å²) in [6.07, 6.45) is -0.216. The minimum Gasteiger partial charge on any atom is -0.462 e. The van der Waals surface area contributed by atoms with Crippen molar-refractivity contribution in [3.63, 3.8) is 0 Å². The van der Waals surface area contributed by atoms with Crippen molar-refractivity contribution in [1.82, 2.24) is 0 Å². The summed E-state index contributed by atoms with van der Waals surface area (Å²) in [6, 6.07) is 0. The van der Waals surface area contributed by atoms with Gasteiger partial charge in [0.1, 0.15) is 16.1 Å². The number of hydrogen-bond acceptors (Lipinski definition) is 4. The SMILES string of the molecule is CC(I)(CI)C(=O)OC1COC(=O)C1. The molecule has 2 unspecified atom stereocenters. The Morgan fingerprint density at radius 2 is 2.43 bits per heavy atom. The molecule has 0 bridgehead atoms. The molecule has 0 radical (unpaired) electrons. The Morgan fingerprint density at radius 1 is 1.79 bits per heavy atom. The van der Waals surface area contributed by atoms with Crippen LogP contribution in [0.15, 0.2) is 0 Å². The van der Waals surface area contributed by atoms with Gasteiger partial charge in [0.2, 0.25) is 0 Å². The minimum atomic E-state index is -0.524. The van der Waals surface area contributed by atoms with Crippen molar-refractivity contribution in [3.05, 3.63) is 0 Å². The lowest BCUT2D eigenvalue weighted by Crippen LogP contribution is -2.35. The molecule has 6 heteroatoms. The molecule has 14 heavy (non-hydrogen) atoms. The summed E-state index contributed by atoms with van der Waals surface area (Å²) < 4.78 is 9.98. The van der Waals surface area contributed by atoms with E-state index < -0.39 is 9.53 Å². The summed E-state index contributed by atoms with van der Waals surface area (Å²) in [5.41, 5.74) is 0. The molecule has 0 aliphatic carbocycles. The molecular weight excluding hydrogens is 414 g/mol. The Hall–Kier alpha value is 0.400. The van der Waals surface area contributed by atoms with Gasteiger partial charge in [-0.1, -0.05) is 45.2 Å². The van der Waals surface area contributed by atoms with Crippen LogP contribution in [0.1, 0.15) is 13.3 Å². The molecule has 0 aromatic heterocycles. The van der Waals surface area contributed by atoms with Crippen molar-refractivity contribution in [3.8, 4) is 0 Å². The average Bonchev–Trinajstić information content (AvgIpc) is 2.51. The molecule has 1 rings (SSSR count). The van der Waals surface area contributed by atoms with Crippen LogP contribution in [0, 0.1) is 0 Å². The van der Waals surface area contributed by atoms with Crippen LogP contribution in [-0.4, -0.2) is 32.5 Å². The normalized spacial score (nSPS) is 25.4. The predicted molar refractivity (Wildman–Crippen MR) is 66.8 cm³/mol. The molecule has 1 fully saturated rings. The number of hydrogen-bond donors (Lipinski definition) is 0. The maximum Gasteiger partial charge on any atom is 0.322 e. The average molecular weight is 424 g/mol. The Morgan fingerprint density at radius 3 is 2.86 bits per heavy atom. The Labute approximate surface area is 109 Å². The van der Waals surface area contributed by atoms with E-state index in [0.29, 0.717) is 4.43 Å². The van der Waals surface area contributed by atoms with Crippen molar-refractivity contribution in [2.75, 3.05) is 11.0 Å². The van der Waals surface area contributed by atoms with Gasteiger partial charge >= 0.3 is 11.9 Å². The molecule has 0 spiro atoms. The lowest BCUT2D eigenvalue weighted by molar-refractivity contribution is -0.150. The van der Waals surface area contributed by atoms with Gasteiger partial charge in [-0.25, -0.2) is 0 Å². The molecule has 2 atom stereocenters. The maximum absolute atomic E-state index is 11.6. The van der Waals surface area contributed by atoms with E-state index in [4.69, 9.17) is 9.47 Å². The van der Waals surface area contributed by atoms with E-state index in [9.17, 15) is 9.59 Å². The summed E-state index contributed by atoms with van der Waals surface area (Å²) in [4.78, 5) is 22.3. The number of halogens is 2. The van der Waals surface area contributed by atoms with E-state index in [1.54, 1.807) is 6.92 Å². The fraction of sp³-hybridized carbons (Fsp3) is 0.750. The lowest BCUT2D eigenvalue weighted by Gasteiger charge is -2.19. The van der Waals surface area contributed by atoms with Gasteiger partial charge in [-0.3, -0.25) is 9.59 Å². The second kappa shape index (κ2) is 4.95. The van der Waals surface area contributed by atoms with Gasteiger partial charge in [-0.15, -0.1) is 0 Å². The first-order valence-electron chi connectivity index (χ1n) is 4.07. The van der Waals surface area contributed by atoms with Crippen LogP contribution in [0.25, 0.3) is 0 Å². The molecule has 1 aliphatic rings. The first-order valence-corrected chi connectivity index (χ1v) is 6.68. The third-order valence-electron chi connectivity index (χ3n) is 1.77. The molecule has 0 saturated carbocycles. The van der Waals surface area contributed by atoms with Gasteiger partial charge in [0.05, 0.1) is 6.42 Å². The summed E-state index contributed by atoms with van der Waals surface area (Å²) in [5, 5.41) is 0. The number of esters is 2. The van der Waals surface area contributed by atoms with Crippen LogP contribution in [0.2, 0.25) is 0 Å². The molecule has 1 aliphatic heterocycles. The lowest BCUT2D eigenvalue weighted by atomic mass is 10.2. The maximum atomic E-state index is 11.6. The van der Waals surface area contributed by atoms with Crippen LogP contribution in [-0.2, 0) is 19.1 Å². The smallest absolute Gasteiger partial charge is 0.322 e. The van der Waals surface area contributed by atoms with Crippen LogP contribution in [0.5, 0.6) is 0 Å². The molecule has 0 aromatic carbocycles. The summed E-state index contributed by atoms with van der Waals surface area (Å²) in [6.45, 7) is 2.00. The minimum absolute atomic E-state index is 0.180. The summed E-state index contributed by atoms with van der Waals surface area (Å²) in [7, 11) is 0. The van der Waals surface area contributed by atoms with Crippen LogP contribution < -0.4 is 0 Å². The monoisotopic (exact) mass is 424 g/mol. The fourth-order valence-corrected chi connectivity index (χ4v) is 1.33. The van der Waals surface area contributed by atoms with Gasteiger partial charge in [0.15, 0.2) is 0 Å². The molecule has 0 amide bonds. The van der Waals surface area contributed by atoms with Crippen LogP contribution in [0.3, 0.4) is 0 Å². The van der Waals surface area contributed by atoms with Gasteiger partial charge in [0, 0.05) is 4.43 Å². The number of alkyl halides is 2. The number of ether oxygens (including phenoxy) is 2. The Bertz CT molecular complexity index is 252. The fourth-order valence-electron chi connectivity index (χ4n) is 0.894. The molecule has 4 nitrogen and oxygen atoms in total. The third kappa shape index (κ3) is 3.21. The molecule has 1 heterocycles. The number of rotatable bonds is 3. The molecule has 0 aromatic rings. The van der Waals surface area contributed by atoms with Crippen LogP contribution >= 0.6 is 45.2 Å².